The van der Waals surface area contributed by atoms with E-state index in [2.05, 4.69) is 4.98 Å². The predicted molar refractivity (Wildman–Crippen MR) is 82.9 cm³/mol. The molecule has 1 atom stereocenters. The number of amides is 1. The maximum atomic E-state index is 12.5. The number of hydrogen-bond acceptors (Lipinski definition) is 3. The molecule has 0 bridgehead atoms. The Kier molecular flexibility index (Phi) is 4.70. The maximum absolute atomic E-state index is 12.5. The molecule has 2 rings (SSSR count). The van der Waals surface area contributed by atoms with E-state index in [1.165, 1.54) is 17.2 Å². The number of carbonyl (C=O) groups is 1. The third-order valence-electron chi connectivity index (χ3n) is 3.34. The number of pyridine rings is 1. The van der Waals surface area contributed by atoms with Crippen LogP contribution in [0.5, 0.6) is 5.75 Å². The molecule has 1 aromatic carbocycles. The van der Waals surface area contributed by atoms with Gasteiger partial charge in [-0.1, -0.05) is 41.4 Å². The third-order valence-corrected chi connectivity index (χ3v) is 3.85. The summed E-state index contributed by atoms with van der Waals surface area (Å²) < 4.78 is 0. The molecule has 6 heteroatoms. The summed E-state index contributed by atoms with van der Waals surface area (Å²) >= 11 is 11.8. The Morgan fingerprint density at radius 2 is 2.00 bits per heavy atom. The van der Waals surface area contributed by atoms with Crippen molar-refractivity contribution in [2.75, 3.05) is 7.05 Å². The van der Waals surface area contributed by atoms with E-state index in [4.69, 9.17) is 23.2 Å². The smallest absolute Gasteiger partial charge is 0.255 e. The zero-order valence-electron chi connectivity index (χ0n) is 11.5. The number of para-hydroxylation sites is 1. The van der Waals surface area contributed by atoms with Gasteiger partial charge < -0.3 is 10.0 Å². The summed E-state index contributed by atoms with van der Waals surface area (Å²) in [4.78, 5) is 17.8. The van der Waals surface area contributed by atoms with Crippen molar-refractivity contribution in [2.24, 2.45) is 0 Å². The van der Waals surface area contributed by atoms with Crippen molar-refractivity contribution in [3.63, 3.8) is 0 Å². The zero-order chi connectivity index (χ0) is 15.6. The van der Waals surface area contributed by atoms with Crippen LogP contribution in [0.1, 0.15) is 28.9 Å². The molecule has 0 fully saturated rings. The first-order valence-corrected chi connectivity index (χ1v) is 7.03. The van der Waals surface area contributed by atoms with Gasteiger partial charge in [-0.25, -0.2) is 4.98 Å². The van der Waals surface area contributed by atoms with Crippen LogP contribution >= 0.6 is 23.2 Å². The highest BCUT2D eigenvalue weighted by molar-refractivity contribution is 6.35. The Hall–Kier alpha value is -1.78. The molecule has 4 nitrogen and oxygen atoms in total. The molecule has 0 aliphatic rings. The lowest BCUT2D eigenvalue weighted by atomic mass is 10.1. The van der Waals surface area contributed by atoms with Gasteiger partial charge in [0.25, 0.3) is 5.91 Å². The molecule has 0 spiro atoms. The number of benzene rings is 1. The first-order valence-electron chi connectivity index (χ1n) is 6.28. The first kappa shape index (κ1) is 15.6. The van der Waals surface area contributed by atoms with Crippen LogP contribution in [0, 0.1) is 0 Å². The van der Waals surface area contributed by atoms with Gasteiger partial charge in [-0.05, 0) is 19.1 Å². The van der Waals surface area contributed by atoms with Crippen molar-refractivity contribution in [3.05, 3.63) is 57.8 Å². The van der Waals surface area contributed by atoms with E-state index < -0.39 is 0 Å². The average molecular weight is 325 g/mol. The summed E-state index contributed by atoms with van der Waals surface area (Å²) in [5.41, 5.74) is 0.936. The molecule has 1 unspecified atom stereocenters. The van der Waals surface area contributed by atoms with Crippen LogP contribution in [0.3, 0.4) is 0 Å². The number of halogens is 2. The highest BCUT2D eigenvalue weighted by Crippen LogP contribution is 2.29. The Balaban J connectivity index is 2.31. The lowest BCUT2D eigenvalue weighted by Crippen LogP contribution is -2.30. The number of aromatic nitrogens is 1. The molecule has 110 valence electrons. The standard InChI is InChI=1S/C15H14Cl2N2O2/c1-9(10-5-3-4-6-13(10)20)19(2)15(21)11-7-14(17)18-8-12(11)16/h3-9,20H,1-2H3. The van der Waals surface area contributed by atoms with Crippen molar-refractivity contribution in [1.82, 2.24) is 9.88 Å². The number of rotatable bonds is 3. The fourth-order valence-corrected chi connectivity index (χ4v) is 2.33. The van der Waals surface area contributed by atoms with Crippen LogP contribution in [0.4, 0.5) is 0 Å². The van der Waals surface area contributed by atoms with E-state index in [9.17, 15) is 9.90 Å². The molecular formula is C15H14Cl2N2O2. The molecule has 1 N–H and O–H groups in total. The summed E-state index contributed by atoms with van der Waals surface area (Å²) in [7, 11) is 1.64. The minimum absolute atomic E-state index is 0.142. The molecule has 1 amide bonds. The second-order valence-corrected chi connectivity index (χ2v) is 5.43. The van der Waals surface area contributed by atoms with Gasteiger partial charge in [0.15, 0.2) is 0 Å². The summed E-state index contributed by atoms with van der Waals surface area (Å²) in [6.07, 6.45) is 1.34. The number of phenolic OH excluding ortho intramolecular Hbond substituents is 1. The molecule has 0 saturated heterocycles. The predicted octanol–water partition coefficient (Wildman–Crippen LogP) is 3.93. The van der Waals surface area contributed by atoms with Crippen LogP contribution in [-0.4, -0.2) is 27.9 Å². The Morgan fingerprint density at radius 1 is 1.33 bits per heavy atom. The number of nitrogens with zero attached hydrogens (tertiary/aromatic N) is 2. The Labute approximate surface area is 132 Å². The number of aromatic hydroxyl groups is 1. The van der Waals surface area contributed by atoms with E-state index in [1.807, 2.05) is 6.92 Å². The van der Waals surface area contributed by atoms with E-state index in [0.29, 0.717) is 5.56 Å². The van der Waals surface area contributed by atoms with Gasteiger partial charge in [0, 0.05) is 18.8 Å². The molecule has 21 heavy (non-hydrogen) atoms. The molecule has 1 aromatic heterocycles. The minimum atomic E-state index is -0.318. The fraction of sp³-hybridized carbons (Fsp3) is 0.200. The van der Waals surface area contributed by atoms with Crippen molar-refractivity contribution in [2.45, 2.75) is 13.0 Å². The van der Waals surface area contributed by atoms with E-state index in [-0.39, 0.29) is 33.4 Å². The third kappa shape index (κ3) is 3.28. The molecule has 1 heterocycles. The van der Waals surface area contributed by atoms with E-state index in [0.717, 1.165) is 0 Å². The molecule has 2 aromatic rings. The van der Waals surface area contributed by atoms with Gasteiger partial charge in [0.2, 0.25) is 0 Å². The van der Waals surface area contributed by atoms with Gasteiger partial charge in [0.1, 0.15) is 10.9 Å². The van der Waals surface area contributed by atoms with Crippen molar-refractivity contribution in [1.29, 1.82) is 0 Å². The molecule has 0 saturated carbocycles. The lowest BCUT2D eigenvalue weighted by molar-refractivity contribution is 0.0741. The maximum Gasteiger partial charge on any atom is 0.255 e. The van der Waals surface area contributed by atoms with E-state index >= 15 is 0 Å². The SMILES string of the molecule is CC(c1ccccc1O)N(C)C(=O)c1cc(Cl)ncc1Cl. The van der Waals surface area contributed by atoms with E-state index in [1.54, 1.807) is 31.3 Å². The van der Waals surface area contributed by atoms with Gasteiger partial charge in [0.05, 0.1) is 16.6 Å². The number of carbonyl (C=O) groups excluding carboxylic acids is 1. The minimum Gasteiger partial charge on any atom is -0.508 e. The van der Waals surface area contributed by atoms with Crippen LogP contribution in [0.2, 0.25) is 10.2 Å². The summed E-state index contributed by atoms with van der Waals surface area (Å²) in [5.74, 6) is -0.149. The van der Waals surface area contributed by atoms with Crippen molar-refractivity contribution in [3.8, 4) is 5.75 Å². The van der Waals surface area contributed by atoms with Gasteiger partial charge >= 0.3 is 0 Å². The lowest BCUT2D eigenvalue weighted by Gasteiger charge is -2.26. The molecule has 0 radical (unpaired) electrons. The van der Waals surface area contributed by atoms with Gasteiger partial charge in [-0.2, -0.15) is 0 Å². The topological polar surface area (TPSA) is 53.4 Å². The quantitative estimate of drug-likeness (QED) is 0.870. The average Bonchev–Trinajstić information content (AvgIpc) is 2.48. The van der Waals surface area contributed by atoms with Crippen molar-refractivity contribution >= 4 is 29.1 Å². The van der Waals surface area contributed by atoms with Crippen LogP contribution in [0.25, 0.3) is 0 Å². The van der Waals surface area contributed by atoms with Gasteiger partial charge in [-0.3, -0.25) is 4.79 Å². The van der Waals surface area contributed by atoms with Crippen LogP contribution in [0.15, 0.2) is 36.5 Å². The molecule has 0 aliphatic carbocycles. The number of phenols is 1. The fourth-order valence-electron chi connectivity index (χ4n) is 1.99. The highest BCUT2D eigenvalue weighted by atomic mass is 35.5. The summed E-state index contributed by atoms with van der Waals surface area (Å²) in [6.45, 7) is 1.82. The van der Waals surface area contributed by atoms with Crippen LogP contribution < -0.4 is 0 Å². The zero-order valence-corrected chi connectivity index (χ0v) is 13.1. The van der Waals surface area contributed by atoms with Crippen molar-refractivity contribution < 1.29 is 9.90 Å². The normalized spacial score (nSPS) is 12.0. The largest absolute Gasteiger partial charge is 0.508 e. The van der Waals surface area contributed by atoms with Crippen LogP contribution in [-0.2, 0) is 0 Å². The highest BCUT2D eigenvalue weighted by Gasteiger charge is 2.23. The molecule has 0 aliphatic heterocycles. The Morgan fingerprint density at radius 3 is 2.67 bits per heavy atom. The second-order valence-electron chi connectivity index (χ2n) is 4.64. The van der Waals surface area contributed by atoms with Gasteiger partial charge in [-0.15, -0.1) is 0 Å². The molecular weight excluding hydrogens is 311 g/mol. The Bertz CT molecular complexity index is 676. The first-order chi connectivity index (χ1) is 9.91. The monoisotopic (exact) mass is 324 g/mol. The second kappa shape index (κ2) is 6.33. The number of hydrogen-bond donors (Lipinski definition) is 1. The summed E-state index contributed by atoms with van der Waals surface area (Å²) in [5, 5.41) is 10.3. The summed E-state index contributed by atoms with van der Waals surface area (Å²) in [6, 6.07) is 8.00.